The summed E-state index contributed by atoms with van der Waals surface area (Å²) >= 11 is 5.90. The first-order valence-corrected chi connectivity index (χ1v) is 15.5. The van der Waals surface area contributed by atoms with Crippen molar-refractivity contribution in [1.29, 1.82) is 0 Å². The van der Waals surface area contributed by atoms with Crippen molar-refractivity contribution in [3.05, 3.63) is 28.3 Å². The summed E-state index contributed by atoms with van der Waals surface area (Å²) in [6.45, 7) is 19.2. The van der Waals surface area contributed by atoms with E-state index >= 15 is 0 Å². The number of carbonyl (C=O) groups excluding carboxylic acids is 3. The van der Waals surface area contributed by atoms with Crippen LogP contribution in [0.5, 0.6) is 5.75 Å². The van der Waals surface area contributed by atoms with Crippen LogP contribution in [0, 0.1) is 19.8 Å². The average molecular weight is 597 g/mol. The number of ether oxygens (including phenoxy) is 3. The van der Waals surface area contributed by atoms with Crippen molar-refractivity contribution in [2.75, 3.05) is 46.0 Å². The molecule has 0 bridgehead atoms. The molecule has 234 valence electrons. The molecule has 0 N–H and O–H groups in total. The Kier molecular flexibility index (Phi) is 18.6. The summed E-state index contributed by atoms with van der Waals surface area (Å²) in [7, 11) is 0. The Labute approximate surface area is 253 Å². The third-order valence-corrected chi connectivity index (χ3v) is 7.30. The van der Waals surface area contributed by atoms with E-state index in [-0.39, 0.29) is 24.5 Å². The van der Waals surface area contributed by atoms with E-state index in [0.29, 0.717) is 16.7 Å². The first-order chi connectivity index (χ1) is 19.5. The number of esters is 1. The van der Waals surface area contributed by atoms with Crippen molar-refractivity contribution in [2.45, 2.75) is 99.5 Å². The summed E-state index contributed by atoms with van der Waals surface area (Å²) in [5.41, 5.74) is 1.93. The van der Waals surface area contributed by atoms with Crippen molar-refractivity contribution in [3.8, 4) is 5.75 Å². The Balaban J connectivity index is 0.000000309. The Morgan fingerprint density at radius 2 is 1.63 bits per heavy atom. The van der Waals surface area contributed by atoms with E-state index in [1.165, 1.54) is 52.6 Å². The maximum absolute atomic E-state index is 11.5. The molecular weight excluding hydrogens is 544 g/mol. The number of amides is 1. The van der Waals surface area contributed by atoms with Gasteiger partial charge in [-0.05, 0) is 102 Å². The van der Waals surface area contributed by atoms with Gasteiger partial charge in [-0.1, -0.05) is 38.4 Å². The Hall–Kier alpha value is -2.16. The molecule has 0 spiro atoms. The lowest BCUT2D eigenvalue weighted by atomic mass is 10.0. The first kappa shape index (κ1) is 36.9. The molecule has 2 aliphatic rings. The molecule has 1 amide bonds. The Bertz CT molecular complexity index is 906. The van der Waals surface area contributed by atoms with Gasteiger partial charge in [0.2, 0.25) is 0 Å². The number of ketones is 1. The summed E-state index contributed by atoms with van der Waals surface area (Å²) in [6, 6.07) is 4.49. The predicted octanol–water partition coefficient (Wildman–Crippen LogP) is 7.00. The van der Waals surface area contributed by atoms with Crippen LogP contribution in [0.4, 0.5) is 4.79 Å². The zero-order chi connectivity index (χ0) is 30.8. The lowest BCUT2D eigenvalue weighted by molar-refractivity contribution is -0.132. The van der Waals surface area contributed by atoms with Gasteiger partial charge in [-0.3, -0.25) is 9.59 Å². The minimum absolute atomic E-state index is 0.106. The number of likely N-dealkylation sites (tertiary alicyclic amines) is 1. The van der Waals surface area contributed by atoms with E-state index in [1.54, 1.807) is 11.0 Å². The summed E-state index contributed by atoms with van der Waals surface area (Å²) in [5, 5.41) is 0.479. The third kappa shape index (κ3) is 15.6. The number of nitrogens with zero attached hydrogens (tertiary/aromatic N) is 2. The Morgan fingerprint density at radius 3 is 2.17 bits per heavy atom. The monoisotopic (exact) mass is 596 g/mol. The van der Waals surface area contributed by atoms with Gasteiger partial charge >= 0.3 is 12.1 Å². The lowest BCUT2D eigenvalue weighted by Crippen LogP contribution is -2.40. The minimum Gasteiger partial charge on any atom is -0.441 e. The van der Waals surface area contributed by atoms with Gasteiger partial charge in [-0.2, -0.15) is 0 Å². The quantitative estimate of drug-likeness (QED) is 0.236. The number of carbonyl (C=O) groups is 3. The van der Waals surface area contributed by atoms with Gasteiger partial charge in [-0.25, -0.2) is 4.79 Å². The van der Waals surface area contributed by atoms with Crippen molar-refractivity contribution >= 4 is 29.4 Å². The Morgan fingerprint density at radius 1 is 1.00 bits per heavy atom. The highest BCUT2D eigenvalue weighted by molar-refractivity contribution is 6.32. The highest BCUT2D eigenvalue weighted by atomic mass is 35.5. The van der Waals surface area contributed by atoms with Crippen molar-refractivity contribution in [2.24, 2.45) is 5.92 Å². The lowest BCUT2D eigenvalue weighted by Gasteiger charge is -2.33. The van der Waals surface area contributed by atoms with Gasteiger partial charge in [0.15, 0.2) is 18.1 Å². The van der Waals surface area contributed by atoms with Gasteiger partial charge in [0, 0.05) is 39.3 Å². The zero-order valence-corrected chi connectivity index (χ0v) is 27.2. The standard InChI is InChI=1S/C11H19NO3.C11H23NO.C10H11ClO2/c1-9-4-3-6-12(7-5-9)11(14)15-8-10(2)13;1-3-7-12(8-4-2)11-5-9-13-10-6-11;1-6-4-7(2)10(9(11)5-6)13-8(3)12/h9H,3-8H2,1-2H3;11H,3-10H2,1-2H3;4-5H,1-3H3. The molecular formula is C32H53ClN2O6. The number of hydrogen-bond acceptors (Lipinski definition) is 7. The van der Waals surface area contributed by atoms with E-state index < -0.39 is 0 Å². The van der Waals surface area contributed by atoms with Crippen LogP contribution in [-0.2, 0) is 19.1 Å². The van der Waals surface area contributed by atoms with Crippen molar-refractivity contribution < 1.29 is 28.6 Å². The van der Waals surface area contributed by atoms with Crippen LogP contribution in [0.3, 0.4) is 0 Å². The van der Waals surface area contributed by atoms with Gasteiger partial charge < -0.3 is 24.0 Å². The molecule has 1 unspecified atom stereocenters. The normalized spacial score (nSPS) is 17.4. The van der Waals surface area contributed by atoms with Crippen LogP contribution in [0.25, 0.3) is 0 Å². The topological polar surface area (TPSA) is 85.4 Å². The van der Waals surface area contributed by atoms with Crippen LogP contribution in [0.15, 0.2) is 12.1 Å². The van der Waals surface area contributed by atoms with E-state index in [2.05, 4.69) is 25.7 Å². The molecule has 2 saturated heterocycles. The smallest absolute Gasteiger partial charge is 0.410 e. The molecule has 0 saturated carbocycles. The van der Waals surface area contributed by atoms with Crippen LogP contribution < -0.4 is 4.74 Å². The molecule has 41 heavy (non-hydrogen) atoms. The fourth-order valence-corrected chi connectivity index (χ4v) is 5.34. The summed E-state index contributed by atoms with van der Waals surface area (Å²) in [4.78, 5) is 37.2. The second-order valence-corrected chi connectivity index (χ2v) is 11.6. The van der Waals surface area contributed by atoms with Gasteiger partial charge in [0.25, 0.3) is 0 Å². The molecule has 0 aliphatic carbocycles. The number of halogens is 1. The first-order valence-electron chi connectivity index (χ1n) is 15.2. The second-order valence-electron chi connectivity index (χ2n) is 11.1. The molecule has 1 atom stereocenters. The molecule has 0 radical (unpaired) electrons. The zero-order valence-electron chi connectivity index (χ0n) is 26.4. The number of benzene rings is 1. The van der Waals surface area contributed by atoms with Gasteiger partial charge in [0.05, 0.1) is 5.02 Å². The van der Waals surface area contributed by atoms with Crippen molar-refractivity contribution in [1.82, 2.24) is 9.80 Å². The molecule has 2 fully saturated rings. The molecule has 2 aliphatic heterocycles. The molecule has 3 rings (SSSR count). The van der Waals surface area contributed by atoms with Crippen LogP contribution in [-0.4, -0.2) is 79.7 Å². The van der Waals surface area contributed by atoms with Crippen LogP contribution in [0.1, 0.15) is 90.7 Å². The van der Waals surface area contributed by atoms with Crippen LogP contribution in [0.2, 0.25) is 5.02 Å². The van der Waals surface area contributed by atoms with Crippen molar-refractivity contribution in [3.63, 3.8) is 0 Å². The van der Waals surface area contributed by atoms with Gasteiger partial charge in [0.1, 0.15) is 0 Å². The summed E-state index contributed by atoms with van der Waals surface area (Å²) < 4.78 is 15.2. The largest absolute Gasteiger partial charge is 0.441 e. The third-order valence-electron chi connectivity index (χ3n) is 7.02. The van der Waals surface area contributed by atoms with E-state index in [1.807, 2.05) is 19.9 Å². The summed E-state index contributed by atoms with van der Waals surface area (Å²) in [6.07, 6.45) is 7.88. The predicted molar refractivity (Wildman–Crippen MR) is 165 cm³/mol. The number of Topliss-reactive ketones (excluding diaryl/α,β-unsaturated/α-hetero) is 1. The maximum Gasteiger partial charge on any atom is 0.410 e. The second kappa shape index (κ2) is 20.7. The highest BCUT2D eigenvalue weighted by Crippen LogP contribution is 2.29. The number of aryl methyl sites for hydroxylation is 2. The molecule has 1 aromatic carbocycles. The maximum atomic E-state index is 11.5. The van der Waals surface area contributed by atoms with E-state index in [4.69, 9.17) is 25.8 Å². The van der Waals surface area contributed by atoms with E-state index in [0.717, 1.165) is 62.7 Å². The molecule has 8 nitrogen and oxygen atoms in total. The molecule has 1 aromatic rings. The molecule has 0 aromatic heterocycles. The number of rotatable bonds is 8. The summed E-state index contributed by atoms with van der Waals surface area (Å²) in [5.74, 6) is 0.663. The molecule has 9 heteroatoms. The SMILES string of the molecule is CC(=O)COC(=O)N1CCCC(C)CC1.CC(=O)Oc1c(C)cc(C)cc1Cl.CCCN(CCC)C1CCOCC1. The van der Waals surface area contributed by atoms with E-state index in [9.17, 15) is 14.4 Å². The average Bonchev–Trinajstić information content (AvgIpc) is 3.15. The van der Waals surface area contributed by atoms with Gasteiger partial charge in [-0.15, -0.1) is 0 Å². The number of hydrogen-bond donors (Lipinski definition) is 0. The molecule has 2 heterocycles. The fourth-order valence-electron chi connectivity index (χ4n) is 4.98. The van der Waals surface area contributed by atoms with Crippen LogP contribution >= 0.6 is 11.6 Å². The highest BCUT2D eigenvalue weighted by Gasteiger charge is 2.20. The minimum atomic E-state index is -0.353. The fraction of sp³-hybridized carbons (Fsp3) is 0.719.